The average Bonchev–Trinajstić information content (AvgIpc) is 2.53. The summed E-state index contributed by atoms with van der Waals surface area (Å²) in [5, 5.41) is 1.79. The number of carbonyl (C=O) groups excluding carboxylic acids is 1. The number of nitrogens with two attached hydrogens (primary N) is 1. The molecule has 0 saturated heterocycles. The van der Waals surface area contributed by atoms with Crippen LogP contribution in [0, 0.1) is 0 Å². The summed E-state index contributed by atoms with van der Waals surface area (Å²) in [5.74, 6) is 3.87. The van der Waals surface area contributed by atoms with Crippen molar-refractivity contribution in [1.29, 1.82) is 0 Å². The van der Waals surface area contributed by atoms with Gasteiger partial charge in [0.2, 0.25) is 0 Å². The van der Waals surface area contributed by atoms with Gasteiger partial charge in [0.1, 0.15) is 0 Å². The number of nitrogens with zero attached hydrogens (tertiary/aromatic N) is 1. The van der Waals surface area contributed by atoms with Crippen LogP contribution < -0.4 is 5.90 Å². The van der Waals surface area contributed by atoms with E-state index in [0.717, 1.165) is 0 Å². The lowest BCUT2D eigenvalue weighted by atomic mass is 10.1. The van der Waals surface area contributed by atoms with Gasteiger partial charge in [-0.15, -0.1) is 11.3 Å². The monoisotopic (exact) mass is 172 g/mol. The Morgan fingerprint density at radius 2 is 2.64 bits per heavy atom. The predicted molar refractivity (Wildman–Crippen MR) is 40.8 cm³/mol. The van der Waals surface area contributed by atoms with Crippen molar-refractivity contribution >= 4 is 17.3 Å². The average molecular weight is 172 g/mol. The van der Waals surface area contributed by atoms with Crippen LogP contribution in [0.25, 0.3) is 0 Å². The van der Waals surface area contributed by atoms with Gasteiger partial charge < -0.3 is 4.84 Å². The van der Waals surface area contributed by atoms with Crippen molar-refractivity contribution in [3.8, 4) is 0 Å². The van der Waals surface area contributed by atoms with Crippen LogP contribution in [-0.4, -0.2) is 11.0 Å². The first-order chi connectivity index (χ1) is 5.25. The van der Waals surface area contributed by atoms with Crippen LogP contribution >= 0.6 is 11.3 Å². The highest BCUT2D eigenvalue weighted by Crippen LogP contribution is 2.15. The van der Waals surface area contributed by atoms with Crippen LogP contribution in [0.3, 0.4) is 0 Å². The minimum absolute atomic E-state index is 0.369. The van der Waals surface area contributed by atoms with E-state index in [4.69, 9.17) is 5.90 Å². The second kappa shape index (κ2) is 3.45. The van der Waals surface area contributed by atoms with Crippen LogP contribution in [0.4, 0.5) is 0 Å². The van der Waals surface area contributed by atoms with Gasteiger partial charge in [-0.3, -0.25) is 0 Å². The second-order valence-electron chi connectivity index (χ2n) is 2.07. The van der Waals surface area contributed by atoms with E-state index in [1.54, 1.807) is 17.8 Å². The van der Waals surface area contributed by atoms with Gasteiger partial charge >= 0.3 is 5.97 Å². The van der Waals surface area contributed by atoms with Crippen LogP contribution in [-0.2, 0) is 9.63 Å². The summed E-state index contributed by atoms with van der Waals surface area (Å²) in [5.41, 5.74) is 2.36. The predicted octanol–water partition coefficient (Wildman–Crippen LogP) is 0.663. The van der Waals surface area contributed by atoms with E-state index in [9.17, 15) is 4.79 Å². The van der Waals surface area contributed by atoms with Crippen molar-refractivity contribution < 1.29 is 9.63 Å². The van der Waals surface area contributed by atoms with E-state index in [1.165, 1.54) is 11.3 Å². The van der Waals surface area contributed by atoms with Crippen molar-refractivity contribution in [1.82, 2.24) is 4.98 Å². The Bertz CT molecular complexity index is 235. The van der Waals surface area contributed by atoms with E-state index in [-0.39, 0.29) is 5.92 Å². The third-order valence-electron chi connectivity index (χ3n) is 1.36. The van der Waals surface area contributed by atoms with Crippen molar-refractivity contribution in [2.75, 3.05) is 0 Å². The fourth-order valence-corrected chi connectivity index (χ4v) is 1.31. The molecule has 0 spiro atoms. The third kappa shape index (κ3) is 1.75. The van der Waals surface area contributed by atoms with Gasteiger partial charge in [0.15, 0.2) is 0 Å². The molecule has 0 fully saturated rings. The van der Waals surface area contributed by atoms with E-state index in [2.05, 4.69) is 9.82 Å². The molecule has 0 amide bonds. The van der Waals surface area contributed by atoms with E-state index in [0.29, 0.717) is 5.69 Å². The normalized spacial score (nSPS) is 12.5. The smallest absolute Gasteiger partial charge is 0.333 e. The summed E-state index contributed by atoms with van der Waals surface area (Å²) in [6.07, 6.45) is 0. The molecule has 5 heteroatoms. The van der Waals surface area contributed by atoms with Crippen molar-refractivity contribution in [2.24, 2.45) is 5.90 Å². The molecular formula is C6H8N2O2S. The molecule has 1 aromatic rings. The zero-order chi connectivity index (χ0) is 8.27. The molecule has 0 aliphatic carbocycles. The molecule has 11 heavy (non-hydrogen) atoms. The highest BCUT2D eigenvalue weighted by molar-refractivity contribution is 7.07. The second-order valence-corrected chi connectivity index (χ2v) is 2.79. The first-order valence-electron chi connectivity index (χ1n) is 3.04. The van der Waals surface area contributed by atoms with Crippen molar-refractivity contribution in [3.63, 3.8) is 0 Å². The Hall–Kier alpha value is -0.940. The molecule has 0 bridgehead atoms. The largest absolute Gasteiger partial charge is 0.373 e. The molecular weight excluding hydrogens is 164 g/mol. The molecule has 4 nitrogen and oxygen atoms in total. The summed E-state index contributed by atoms with van der Waals surface area (Å²) in [4.78, 5) is 18.8. The topological polar surface area (TPSA) is 65.2 Å². The third-order valence-corrected chi connectivity index (χ3v) is 1.97. The first-order valence-corrected chi connectivity index (χ1v) is 3.98. The Morgan fingerprint density at radius 3 is 3.09 bits per heavy atom. The van der Waals surface area contributed by atoms with Gasteiger partial charge in [-0.1, -0.05) is 0 Å². The standard InChI is InChI=1S/C6H8N2O2S/c1-4(6(9)10-7)5-2-11-3-8-5/h2-4H,7H2,1H3. The summed E-state index contributed by atoms with van der Waals surface area (Å²) >= 11 is 1.44. The molecule has 0 aliphatic heterocycles. The molecule has 1 rings (SSSR count). The maximum Gasteiger partial charge on any atom is 0.333 e. The Morgan fingerprint density at radius 1 is 1.91 bits per heavy atom. The van der Waals surface area contributed by atoms with Gasteiger partial charge in [0.25, 0.3) is 0 Å². The summed E-state index contributed by atoms with van der Waals surface area (Å²) in [7, 11) is 0. The zero-order valence-corrected chi connectivity index (χ0v) is 6.80. The van der Waals surface area contributed by atoms with E-state index in [1.807, 2.05) is 0 Å². The molecule has 2 N–H and O–H groups in total. The lowest BCUT2D eigenvalue weighted by Crippen LogP contribution is -2.16. The molecule has 0 aliphatic rings. The first kappa shape index (κ1) is 8.16. The van der Waals surface area contributed by atoms with Crippen LogP contribution in [0.5, 0.6) is 0 Å². The summed E-state index contributed by atoms with van der Waals surface area (Å²) in [6.45, 7) is 1.70. The molecule has 0 saturated carbocycles. The summed E-state index contributed by atoms with van der Waals surface area (Å²) in [6, 6.07) is 0. The van der Waals surface area contributed by atoms with E-state index < -0.39 is 5.97 Å². The lowest BCUT2D eigenvalue weighted by Gasteiger charge is -2.03. The van der Waals surface area contributed by atoms with Gasteiger partial charge in [-0.05, 0) is 6.92 Å². The van der Waals surface area contributed by atoms with Crippen molar-refractivity contribution in [3.05, 3.63) is 16.6 Å². The highest BCUT2D eigenvalue weighted by Gasteiger charge is 2.17. The minimum atomic E-state index is -0.462. The fourth-order valence-electron chi connectivity index (χ4n) is 0.659. The fraction of sp³-hybridized carbons (Fsp3) is 0.333. The van der Waals surface area contributed by atoms with Gasteiger partial charge in [0, 0.05) is 5.38 Å². The summed E-state index contributed by atoms with van der Waals surface area (Å²) < 4.78 is 0. The van der Waals surface area contributed by atoms with Crippen LogP contribution in [0.1, 0.15) is 18.5 Å². The van der Waals surface area contributed by atoms with Gasteiger partial charge in [-0.25, -0.2) is 9.78 Å². The molecule has 1 unspecified atom stereocenters. The molecule has 1 aromatic heterocycles. The number of aromatic nitrogens is 1. The SMILES string of the molecule is CC(C(=O)ON)c1cscn1. The maximum absolute atomic E-state index is 10.8. The minimum Gasteiger partial charge on any atom is -0.373 e. The molecule has 1 heterocycles. The lowest BCUT2D eigenvalue weighted by molar-refractivity contribution is -0.145. The van der Waals surface area contributed by atoms with Gasteiger partial charge in [0.05, 0.1) is 17.1 Å². The number of carbonyl (C=O) groups is 1. The van der Waals surface area contributed by atoms with Crippen molar-refractivity contribution in [2.45, 2.75) is 12.8 Å². The maximum atomic E-state index is 10.8. The molecule has 60 valence electrons. The number of hydrogen-bond acceptors (Lipinski definition) is 5. The quantitative estimate of drug-likeness (QED) is 0.665. The number of hydrogen-bond donors (Lipinski definition) is 1. The highest BCUT2D eigenvalue weighted by atomic mass is 32.1. The zero-order valence-electron chi connectivity index (χ0n) is 5.98. The van der Waals surface area contributed by atoms with Gasteiger partial charge in [-0.2, -0.15) is 5.90 Å². The van der Waals surface area contributed by atoms with Crippen LogP contribution in [0.2, 0.25) is 0 Å². The Kier molecular flexibility index (Phi) is 2.56. The molecule has 1 atom stereocenters. The molecule has 0 aromatic carbocycles. The van der Waals surface area contributed by atoms with E-state index >= 15 is 0 Å². The number of rotatable bonds is 2. The Balaban J connectivity index is 2.70. The van der Waals surface area contributed by atoms with Crippen LogP contribution in [0.15, 0.2) is 10.9 Å². The Labute approximate surface area is 68.0 Å². The number of thiazole rings is 1. The molecule has 0 radical (unpaired) electrons.